The number of nitrogens with two attached hydrogens (primary N) is 1. The third-order valence-electron chi connectivity index (χ3n) is 2.04. The maximum absolute atomic E-state index is 5.77. The van der Waals surface area contributed by atoms with Crippen LogP contribution >= 0.6 is 0 Å². The Kier molecular flexibility index (Phi) is 1.24. The fraction of sp³-hybridized carbons (Fsp3) is 0.375. The molecule has 3 heteroatoms. The summed E-state index contributed by atoms with van der Waals surface area (Å²) in [5.74, 6) is 0.774. The van der Waals surface area contributed by atoms with E-state index < -0.39 is 0 Å². The third-order valence-corrected chi connectivity index (χ3v) is 2.04. The molecule has 0 bridgehead atoms. The predicted molar refractivity (Wildman–Crippen MR) is 45.0 cm³/mol. The third kappa shape index (κ3) is 0.843. The molecule has 1 heterocycles. The molecule has 0 fully saturated rings. The molecular weight excluding hydrogens is 138 g/mol. The van der Waals surface area contributed by atoms with E-state index >= 15 is 0 Å². The molecule has 0 saturated heterocycles. The van der Waals surface area contributed by atoms with E-state index in [1.165, 1.54) is 0 Å². The smallest absolute Gasteiger partial charge is 0.128 e. The van der Waals surface area contributed by atoms with Gasteiger partial charge >= 0.3 is 0 Å². The van der Waals surface area contributed by atoms with Gasteiger partial charge in [-0.3, -0.25) is 4.68 Å². The monoisotopic (exact) mass is 149 g/mol. The molecule has 0 atom stereocenters. The molecule has 0 aliphatic heterocycles. The van der Waals surface area contributed by atoms with Crippen LogP contribution in [0.3, 0.4) is 0 Å². The van der Waals surface area contributed by atoms with Crippen molar-refractivity contribution in [3.63, 3.8) is 0 Å². The zero-order valence-corrected chi connectivity index (χ0v) is 6.54. The molecule has 58 valence electrons. The largest absolute Gasteiger partial charge is 0.383 e. The van der Waals surface area contributed by atoms with Crippen molar-refractivity contribution in [1.29, 1.82) is 0 Å². The van der Waals surface area contributed by atoms with Gasteiger partial charge in [0.05, 0.1) is 5.69 Å². The van der Waals surface area contributed by atoms with Crippen molar-refractivity contribution < 1.29 is 0 Å². The first kappa shape index (κ1) is 6.46. The van der Waals surface area contributed by atoms with Crippen molar-refractivity contribution in [3.8, 4) is 0 Å². The minimum atomic E-state index is 0.774. The quantitative estimate of drug-likeness (QED) is 0.597. The number of aryl methyl sites for hydroxylation is 2. The number of allylic oxidation sites excluding steroid dienone is 1. The van der Waals surface area contributed by atoms with Crippen LogP contribution in [-0.2, 0) is 13.5 Å². The number of nitrogens with zero attached hydrogens (tertiary/aromatic N) is 2. The highest BCUT2D eigenvalue weighted by molar-refractivity contribution is 5.65. The average molecular weight is 149 g/mol. The van der Waals surface area contributed by atoms with Crippen LogP contribution in [0, 0.1) is 0 Å². The van der Waals surface area contributed by atoms with E-state index in [0.717, 1.165) is 29.9 Å². The Morgan fingerprint density at radius 3 is 3.18 bits per heavy atom. The molecule has 11 heavy (non-hydrogen) atoms. The number of nitrogen functional groups attached to an aromatic ring is 1. The van der Waals surface area contributed by atoms with Crippen LogP contribution in [0.2, 0.25) is 0 Å². The van der Waals surface area contributed by atoms with E-state index in [4.69, 9.17) is 5.73 Å². The topological polar surface area (TPSA) is 43.8 Å². The molecule has 1 aliphatic carbocycles. The highest BCUT2D eigenvalue weighted by Gasteiger charge is 2.12. The lowest BCUT2D eigenvalue weighted by Crippen LogP contribution is -1.97. The normalized spacial score (nSPS) is 15.0. The van der Waals surface area contributed by atoms with Crippen LogP contribution in [0.25, 0.3) is 6.08 Å². The molecular formula is C8H11N3. The number of hydrogen-bond acceptors (Lipinski definition) is 2. The van der Waals surface area contributed by atoms with E-state index in [-0.39, 0.29) is 0 Å². The van der Waals surface area contributed by atoms with Crippen molar-refractivity contribution in [2.75, 3.05) is 5.73 Å². The Labute approximate surface area is 65.5 Å². The van der Waals surface area contributed by atoms with Crippen LogP contribution in [0.5, 0.6) is 0 Å². The van der Waals surface area contributed by atoms with Crippen molar-refractivity contribution in [3.05, 3.63) is 17.3 Å². The van der Waals surface area contributed by atoms with Crippen molar-refractivity contribution in [1.82, 2.24) is 9.78 Å². The van der Waals surface area contributed by atoms with Crippen LogP contribution in [-0.4, -0.2) is 9.78 Å². The number of hydrogen-bond donors (Lipinski definition) is 1. The SMILES string of the molecule is Cn1nc2c(c1N)C=CCC2. The summed E-state index contributed by atoms with van der Waals surface area (Å²) >= 11 is 0. The minimum absolute atomic E-state index is 0.774. The Morgan fingerprint density at radius 1 is 1.64 bits per heavy atom. The van der Waals surface area contributed by atoms with Gasteiger partial charge in [-0.05, 0) is 12.8 Å². The first-order valence-corrected chi connectivity index (χ1v) is 3.77. The zero-order chi connectivity index (χ0) is 7.84. The second kappa shape index (κ2) is 2.12. The second-order valence-electron chi connectivity index (χ2n) is 2.81. The molecule has 0 saturated carbocycles. The molecule has 3 nitrogen and oxygen atoms in total. The molecule has 0 spiro atoms. The first-order chi connectivity index (χ1) is 5.29. The molecule has 0 aromatic carbocycles. The summed E-state index contributed by atoms with van der Waals surface area (Å²) in [5.41, 5.74) is 8.01. The van der Waals surface area contributed by atoms with Gasteiger partial charge in [0.25, 0.3) is 0 Å². The number of aromatic nitrogens is 2. The Hall–Kier alpha value is -1.25. The lowest BCUT2D eigenvalue weighted by molar-refractivity contribution is 0.748. The molecule has 0 unspecified atom stereocenters. The van der Waals surface area contributed by atoms with Gasteiger partial charge in [0.2, 0.25) is 0 Å². The standard InChI is InChI=1S/C8H11N3/c1-11-8(9)6-4-2-3-5-7(6)10-11/h2,4H,3,5,9H2,1H3. The van der Waals surface area contributed by atoms with Gasteiger partial charge in [0.15, 0.2) is 0 Å². The summed E-state index contributed by atoms with van der Waals surface area (Å²) in [6.07, 6.45) is 6.31. The molecule has 1 aromatic rings. The van der Waals surface area contributed by atoms with Gasteiger partial charge in [-0.15, -0.1) is 0 Å². The van der Waals surface area contributed by atoms with Crippen molar-refractivity contribution in [2.45, 2.75) is 12.8 Å². The molecule has 0 radical (unpaired) electrons. The zero-order valence-electron chi connectivity index (χ0n) is 6.54. The summed E-state index contributed by atoms with van der Waals surface area (Å²) in [6, 6.07) is 0. The summed E-state index contributed by atoms with van der Waals surface area (Å²) in [6.45, 7) is 0. The fourth-order valence-corrected chi connectivity index (χ4v) is 1.40. The fourth-order valence-electron chi connectivity index (χ4n) is 1.40. The van der Waals surface area contributed by atoms with Crippen LogP contribution in [0.1, 0.15) is 17.7 Å². The predicted octanol–water partition coefficient (Wildman–Crippen LogP) is 0.962. The Bertz CT molecular complexity index is 309. The molecule has 1 aromatic heterocycles. The molecule has 2 N–H and O–H groups in total. The minimum Gasteiger partial charge on any atom is -0.383 e. The average Bonchev–Trinajstić information content (AvgIpc) is 2.30. The van der Waals surface area contributed by atoms with Gasteiger partial charge in [-0.25, -0.2) is 0 Å². The molecule has 0 amide bonds. The molecule has 1 aliphatic rings. The van der Waals surface area contributed by atoms with Gasteiger partial charge in [-0.2, -0.15) is 5.10 Å². The van der Waals surface area contributed by atoms with Gasteiger partial charge in [-0.1, -0.05) is 12.2 Å². The van der Waals surface area contributed by atoms with Crippen molar-refractivity contribution >= 4 is 11.9 Å². The summed E-state index contributed by atoms with van der Waals surface area (Å²) in [5, 5.41) is 4.29. The van der Waals surface area contributed by atoms with Crippen molar-refractivity contribution in [2.24, 2.45) is 7.05 Å². The Morgan fingerprint density at radius 2 is 2.45 bits per heavy atom. The second-order valence-corrected chi connectivity index (χ2v) is 2.81. The maximum atomic E-state index is 5.77. The van der Waals surface area contributed by atoms with Gasteiger partial charge in [0, 0.05) is 12.6 Å². The van der Waals surface area contributed by atoms with Gasteiger partial charge < -0.3 is 5.73 Å². The highest BCUT2D eigenvalue weighted by Crippen LogP contribution is 2.22. The summed E-state index contributed by atoms with van der Waals surface area (Å²) in [7, 11) is 1.88. The van der Waals surface area contributed by atoms with Crippen LogP contribution < -0.4 is 5.73 Å². The maximum Gasteiger partial charge on any atom is 0.128 e. The molecule has 2 rings (SSSR count). The summed E-state index contributed by atoms with van der Waals surface area (Å²) in [4.78, 5) is 0. The number of fused-ring (bicyclic) bond motifs is 1. The Balaban J connectivity index is 2.61. The van der Waals surface area contributed by atoms with Crippen LogP contribution in [0.4, 0.5) is 5.82 Å². The van der Waals surface area contributed by atoms with E-state index in [1.54, 1.807) is 4.68 Å². The number of rotatable bonds is 0. The van der Waals surface area contributed by atoms with Gasteiger partial charge in [0.1, 0.15) is 5.82 Å². The van der Waals surface area contributed by atoms with Crippen LogP contribution in [0.15, 0.2) is 6.08 Å². The lowest BCUT2D eigenvalue weighted by atomic mass is 10.1. The highest BCUT2D eigenvalue weighted by atomic mass is 15.3. The van der Waals surface area contributed by atoms with E-state index in [2.05, 4.69) is 17.3 Å². The lowest BCUT2D eigenvalue weighted by Gasteiger charge is -2.01. The van der Waals surface area contributed by atoms with E-state index in [0.29, 0.717) is 0 Å². The number of anilines is 1. The van der Waals surface area contributed by atoms with E-state index in [1.807, 2.05) is 7.05 Å². The summed E-state index contributed by atoms with van der Waals surface area (Å²) < 4.78 is 1.74. The first-order valence-electron chi connectivity index (χ1n) is 3.77. The van der Waals surface area contributed by atoms with E-state index in [9.17, 15) is 0 Å².